The lowest BCUT2D eigenvalue weighted by atomic mass is 10.3. The molecule has 1 amide bonds. The van der Waals surface area contributed by atoms with Crippen LogP contribution in [0.15, 0.2) is 24.3 Å². The van der Waals surface area contributed by atoms with E-state index in [1.54, 1.807) is 12.1 Å². The number of nitrogens with one attached hydrogen (secondary N) is 1. The first-order valence-corrected chi connectivity index (χ1v) is 4.15. The number of nitrogens with two attached hydrogens (primary N) is 1. The van der Waals surface area contributed by atoms with Gasteiger partial charge in [-0.05, 0) is 12.1 Å². The highest BCUT2D eigenvalue weighted by Crippen LogP contribution is 2.24. The Bertz CT molecular complexity index is 345. The second-order valence-corrected chi connectivity index (χ2v) is 2.69. The van der Waals surface area contributed by atoms with Gasteiger partial charge < -0.3 is 15.8 Å². The van der Waals surface area contributed by atoms with Gasteiger partial charge in [0.05, 0.1) is 12.2 Å². The number of anilines is 1. The van der Waals surface area contributed by atoms with E-state index in [4.69, 9.17) is 5.73 Å². The van der Waals surface area contributed by atoms with Gasteiger partial charge in [0.25, 0.3) is 0 Å². The highest BCUT2D eigenvalue weighted by molar-refractivity contribution is 5.79. The van der Waals surface area contributed by atoms with Crippen molar-refractivity contribution in [1.29, 1.82) is 0 Å². The number of ether oxygens (including phenoxy) is 1. The monoisotopic (exact) mass is 216 g/mol. The van der Waals surface area contributed by atoms with Gasteiger partial charge in [-0.15, -0.1) is 0 Å². The summed E-state index contributed by atoms with van der Waals surface area (Å²) in [5, 5.41) is 2.59. The predicted molar refractivity (Wildman–Crippen MR) is 50.8 cm³/mol. The minimum Gasteiger partial charge on any atom is -0.433 e. The number of rotatable bonds is 5. The van der Waals surface area contributed by atoms with Gasteiger partial charge in [-0.25, -0.2) is 0 Å². The molecule has 1 rings (SSSR count). The Morgan fingerprint density at radius 3 is 2.73 bits per heavy atom. The van der Waals surface area contributed by atoms with Crippen LogP contribution in [-0.2, 0) is 4.79 Å². The summed E-state index contributed by atoms with van der Waals surface area (Å²) in [5.41, 5.74) is 5.20. The third-order valence-corrected chi connectivity index (χ3v) is 1.56. The van der Waals surface area contributed by atoms with E-state index in [9.17, 15) is 13.6 Å². The van der Waals surface area contributed by atoms with Crippen molar-refractivity contribution in [1.82, 2.24) is 0 Å². The number of primary amides is 1. The molecule has 0 saturated heterocycles. The van der Waals surface area contributed by atoms with Gasteiger partial charge in [0.2, 0.25) is 5.91 Å². The average molecular weight is 216 g/mol. The van der Waals surface area contributed by atoms with Gasteiger partial charge in [-0.1, -0.05) is 12.1 Å². The van der Waals surface area contributed by atoms with Gasteiger partial charge >= 0.3 is 6.61 Å². The van der Waals surface area contributed by atoms with E-state index >= 15 is 0 Å². The maximum atomic E-state index is 12.0. The summed E-state index contributed by atoms with van der Waals surface area (Å²) >= 11 is 0. The zero-order valence-corrected chi connectivity index (χ0v) is 7.74. The molecule has 0 saturated carbocycles. The van der Waals surface area contributed by atoms with Crippen LogP contribution in [0.25, 0.3) is 0 Å². The van der Waals surface area contributed by atoms with Crippen molar-refractivity contribution < 1.29 is 18.3 Å². The zero-order chi connectivity index (χ0) is 11.3. The van der Waals surface area contributed by atoms with E-state index in [2.05, 4.69) is 10.1 Å². The molecule has 15 heavy (non-hydrogen) atoms. The van der Waals surface area contributed by atoms with Crippen molar-refractivity contribution in [3.63, 3.8) is 0 Å². The SMILES string of the molecule is NC(=O)CNc1ccccc1OC(F)F. The molecular formula is C9H10F2N2O2. The number of halogens is 2. The molecule has 0 aliphatic rings. The molecule has 0 bridgehead atoms. The summed E-state index contributed by atoms with van der Waals surface area (Å²) in [6.45, 7) is -3.04. The van der Waals surface area contributed by atoms with Gasteiger partial charge in [0.15, 0.2) is 0 Å². The largest absolute Gasteiger partial charge is 0.433 e. The smallest absolute Gasteiger partial charge is 0.387 e. The molecule has 0 aromatic heterocycles. The van der Waals surface area contributed by atoms with Crippen molar-refractivity contribution in [2.45, 2.75) is 6.61 Å². The Hall–Kier alpha value is -1.85. The quantitative estimate of drug-likeness (QED) is 0.776. The highest BCUT2D eigenvalue weighted by Gasteiger charge is 2.08. The molecule has 0 spiro atoms. The van der Waals surface area contributed by atoms with Gasteiger partial charge in [0, 0.05) is 0 Å². The lowest BCUT2D eigenvalue weighted by molar-refractivity contribution is -0.116. The van der Waals surface area contributed by atoms with Crippen molar-refractivity contribution in [2.24, 2.45) is 5.73 Å². The minimum absolute atomic E-state index is 0.0197. The van der Waals surface area contributed by atoms with E-state index in [0.29, 0.717) is 5.69 Å². The first kappa shape index (κ1) is 11.2. The van der Waals surface area contributed by atoms with Crippen LogP contribution in [0.1, 0.15) is 0 Å². The maximum absolute atomic E-state index is 12.0. The maximum Gasteiger partial charge on any atom is 0.387 e. The van der Waals surface area contributed by atoms with Crippen molar-refractivity contribution in [3.05, 3.63) is 24.3 Å². The Balaban J connectivity index is 2.72. The summed E-state index contributed by atoms with van der Waals surface area (Å²) in [7, 11) is 0. The molecular weight excluding hydrogens is 206 g/mol. The molecule has 0 radical (unpaired) electrons. The van der Waals surface area contributed by atoms with E-state index < -0.39 is 12.5 Å². The lowest BCUT2D eigenvalue weighted by Gasteiger charge is -2.10. The van der Waals surface area contributed by atoms with Crippen LogP contribution in [0.2, 0.25) is 0 Å². The standard InChI is InChI=1S/C9H10F2N2O2/c10-9(11)15-7-4-2-1-3-6(7)13-5-8(12)14/h1-4,9,13H,5H2,(H2,12,14). The number of carbonyl (C=O) groups excluding carboxylic acids is 1. The highest BCUT2D eigenvalue weighted by atomic mass is 19.3. The number of alkyl halides is 2. The van der Waals surface area contributed by atoms with E-state index in [-0.39, 0.29) is 12.3 Å². The Morgan fingerprint density at radius 1 is 1.47 bits per heavy atom. The van der Waals surface area contributed by atoms with Crippen LogP contribution < -0.4 is 15.8 Å². The summed E-state index contributed by atoms with van der Waals surface area (Å²) in [6, 6.07) is 6.06. The van der Waals surface area contributed by atoms with E-state index in [1.807, 2.05) is 0 Å². The number of amides is 1. The fourth-order valence-corrected chi connectivity index (χ4v) is 0.994. The fourth-order valence-electron chi connectivity index (χ4n) is 0.994. The molecule has 4 nitrogen and oxygen atoms in total. The zero-order valence-electron chi connectivity index (χ0n) is 7.74. The van der Waals surface area contributed by atoms with Crippen molar-refractivity contribution in [2.75, 3.05) is 11.9 Å². The van der Waals surface area contributed by atoms with Crippen LogP contribution in [0.3, 0.4) is 0 Å². The van der Waals surface area contributed by atoms with Crippen LogP contribution in [-0.4, -0.2) is 19.1 Å². The van der Waals surface area contributed by atoms with Crippen LogP contribution in [0.4, 0.5) is 14.5 Å². The first-order chi connectivity index (χ1) is 7.09. The molecule has 3 N–H and O–H groups in total. The first-order valence-electron chi connectivity index (χ1n) is 4.15. The second-order valence-electron chi connectivity index (χ2n) is 2.69. The van der Waals surface area contributed by atoms with Gasteiger partial charge in [-0.2, -0.15) is 8.78 Å². The summed E-state index contributed by atoms with van der Waals surface area (Å²) in [4.78, 5) is 10.5. The van der Waals surface area contributed by atoms with E-state index in [1.165, 1.54) is 12.1 Å². The molecule has 0 atom stereocenters. The molecule has 82 valence electrons. The number of carbonyl (C=O) groups is 1. The number of benzene rings is 1. The summed E-state index contributed by atoms with van der Waals surface area (Å²) in [6.07, 6.45) is 0. The summed E-state index contributed by atoms with van der Waals surface area (Å²) < 4.78 is 28.1. The second kappa shape index (κ2) is 5.14. The molecule has 0 aliphatic heterocycles. The molecule has 0 fully saturated rings. The van der Waals surface area contributed by atoms with Gasteiger partial charge in [-0.3, -0.25) is 4.79 Å². The Labute approximate surface area is 85.0 Å². The van der Waals surface area contributed by atoms with Crippen molar-refractivity contribution in [3.8, 4) is 5.75 Å². The number of hydrogen-bond acceptors (Lipinski definition) is 3. The number of para-hydroxylation sites is 2. The normalized spacial score (nSPS) is 10.1. The average Bonchev–Trinajstić information content (AvgIpc) is 2.15. The molecule has 1 aromatic carbocycles. The summed E-state index contributed by atoms with van der Waals surface area (Å²) in [5.74, 6) is -0.601. The minimum atomic E-state index is -2.90. The molecule has 0 heterocycles. The van der Waals surface area contributed by atoms with Crippen molar-refractivity contribution >= 4 is 11.6 Å². The topological polar surface area (TPSA) is 64.4 Å². The van der Waals surface area contributed by atoms with Crippen LogP contribution in [0, 0.1) is 0 Å². The van der Waals surface area contributed by atoms with Gasteiger partial charge in [0.1, 0.15) is 5.75 Å². The molecule has 1 aromatic rings. The van der Waals surface area contributed by atoms with Crippen LogP contribution >= 0.6 is 0 Å². The third kappa shape index (κ3) is 3.80. The predicted octanol–water partition coefficient (Wildman–Crippen LogP) is 1.19. The van der Waals surface area contributed by atoms with E-state index in [0.717, 1.165) is 0 Å². The van der Waals surface area contributed by atoms with Crippen LogP contribution in [0.5, 0.6) is 5.75 Å². The molecule has 0 aliphatic carbocycles. The molecule has 6 heteroatoms. The fraction of sp³-hybridized carbons (Fsp3) is 0.222. The number of hydrogen-bond donors (Lipinski definition) is 2. The lowest BCUT2D eigenvalue weighted by Crippen LogP contribution is -2.22. The molecule has 0 unspecified atom stereocenters. The Morgan fingerprint density at radius 2 is 2.13 bits per heavy atom. The third-order valence-electron chi connectivity index (χ3n) is 1.56. The Kier molecular flexibility index (Phi) is 3.84.